The first kappa shape index (κ1) is 15.1. The number of halogens is 1. The Kier molecular flexibility index (Phi) is 2.99. The quantitative estimate of drug-likeness (QED) is 0.464. The van der Waals surface area contributed by atoms with Crippen LogP contribution < -0.4 is 4.90 Å². The third kappa shape index (κ3) is 1.87. The lowest BCUT2D eigenvalue weighted by Crippen LogP contribution is -2.40. The average Bonchev–Trinajstić information content (AvgIpc) is 3.39. The first-order valence-corrected chi connectivity index (χ1v) is 8.84. The van der Waals surface area contributed by atoms with Crippen molar-refractivity contribution in [1.29, 1.82) is 0 Å². The third-order valence-electron chi connectivity index (χ3n) is 6.28. The van der Waals surface area contributed by atoms with Gasteiger partial charge in [-0.15, -0.1) is 0 Å². The van der Waals surface area contributed by atoms with Crippen LogP contribution in [0.2, 0.25) is 5.02 Å². The summed E-state index contributed by atoms with van der Waals surface area (Å²) in [5, 5.41) is 0.232. The number of rotatable bonds is 2. The molecule has 0 spiro atoms. The van der Waals surface area contributed by atoms with Gasteiger partial charge >= 0.3 is 5.97 Å². The van der Waals surface area contributed by atoms with Gasteiger partial charge in [0.1, 0.15) is 0 Å². The molecule has 6 heteroatoms. The summed E-state index contributed by atoms with van der Waals surface area (Å²) in [6.45, 7) is 0. The minimum absolute atomic E-state index is 0.154. The van der Waals surface area contributed by atoms with Crippen molar-refractivity contribution in [1.82, 2.24) is 0 Å². The molecule has 25 heavy (non-hydrogen) atoms. The van der Waals surface area contributed by atoms with Crippen LogP contribution in [0.4, 0.5) is 5.69 Å². The lowest BCUT2D eigenvalue weighted by atomic mass is 9.63. The molecule has 1 aromatic carbocycles. The van der Waals surface area contributed by atoms with Gasteiger partial charge in [0.25, 0.3) is 0 Å². The van der Waals surface area contributed by atoms with E-state index < -0.39 is 5.97 Å². The zero-order chi connectivity index (χ0) is 17.5. The van der Waals surface area contributed by atoms with Crippen LogP contribution in [0, 0.1) is 35.5 Å². The second-order valence-electron chi connectivity index (χ2n) is 7.32. The van der Waals surface area contributed by atoms with Crippen LogP contribution in [0.3, 0.4) is 0 Å². The van der Waals surface area contributed by atoms with Gasteiger partial charge in [-0.3, -0.25) is 9.59 Å². The lowest BCUT2D eigenvalue weighted by Gasteiger charge is -2.37. The summed E-state index contributed by atoms with van der Waals surface area (Å²) in [5.74, 6) is 0.0456. The molecule has 2 saturated carbocycles. The molecule has 128 valence electrons. The average molecular weight is 358 g/mol. The molecule has 6 rings (SSSR count). The fraction of sp³-hybridized carbons (Fsp3) is 0.421. The normalized spacial score (nSPS) is 37.1. The number of benzene rings is 1. The molecule has 0 unspecified atom stereocenters. The van der Waals surface area contributed by atoms with E-state index in [0.717, 1.165) is 6.42 Å². The molecule has 5 aliphatic rings. The molecule has 1 aromatic rings. The number of ether oxygens (including phenoxy) is 1. The summed E-state index contributed by atoms with van der Waals surface area (Å²) in [5.41, 5.74) is 0.545. The Morgan fingerprint density at radius 3 is 2.28 bits per heavy atom. The van der Waals surface area contributed by atoms with Gasteiger partial charge in [-0.25, -0.2) is 9.69 Å². The van der Waals surface area contributed by atoms with Gasteiger partial charge in [0.05, 0.1) is 35.2 Å². The smallest absolute Gasteiger partial charge is 0.339 e. The SMILES string of the molecule is COC(=O)c1cc(N2C(=O)[C@@H]3[C@H]4C=C[C@@H]([C@@H]5C[C@H]45)[C@@H]3C2=O)ccc1Cl. The summed E-state index contributed by atoms with van der Waals surface area (Å²) in [6, 6.07) is 4.60. The summed E-state index contributed by atoms with van der Waals surface area (Å²) in [6.07, 6.45) is 5.40. The van der Waals surface area contributed by atoms with Crippen LogP contribution in [-0.2, 0) is 14.3 Å². The fourth-order valence-electron chi connectivity index (χ4n) is 5.13. The maximum Gasteiger partial charge on any atom is 0.339 e. The number of allylic oxidation sites excluding steroid dienone is 2. The number of nitrogens with zero attached hydrogens (tertiary/aromatic N) is 1. The zero-order valence-corrected chi connectivity index (χ0v) is 14.3. The lowest BCUT2D eigenvalue weighted by molar-refractivity contribution is -0.124. The Morgan fingerprint density at radius 2 is 1.72 bits per heavy atom. The second-order valence-corrected chi connectivity index (χ2v) is 7.73. The van der Waals surface area contributed by atoms with E-state index >= 15 is 0 Å². The Labute approximate surface area is 149 Å². The van der Waals surface area contributed by atoms with E-state index in [9.17, 15) is 14.4 Å². The monoisotopic (exact) mass is 357 g/mol. The van der Waals surface area contributed by atoms with Crippen molar-refractivity contribution >= 4 is 35.1 Å². The van der Waals surface area contributed by atoms with E-state index in [1.165, 1.54) is 24.1 Å². The predicted molar refractivity (Wildman–Crippen MR) is 90.0 cm³/mol. The Hall–Kier alpha value is -2.14. The fourth-order valence-corrected chi connectivity index (χ4v) is 5.32. The Bertz CT molecular complexity index is 827. The molecule has 1 aliphatic heterocycles. The second kappa shape index (κ2) is 4.94. The van der Waals surface area contributed by atoms with Crippen LogP contribution in [0.15, 0.2) is 30.4 Å². The van der Waals surface area contributed by atoms with Crippen LogP contribution in [0.25, 0.3) is 0 Å². The number of esters is 1. The van der Waals surface area contributed by atoms with Gasteiger partial charge in [-0.1, -0.05) is 23.8 Å². The van der Waals surface area contributed by atoms with Gasteiger partial charge in [0, 0.05) is 0 Å². The van der Waals surface area contributed by atoms with Crippen molar-refractivity contribution < 1.29 is 19.1 Å². The van der Waals surface area contributed by atoms with Gasteiger partial charge in [-0.05, 0) is 48.3 Å². The number of carbonyl (C=O) groups excluding carboxylic acids is 3. The number of amides is 2. The summed E-state index contributed by atoms with van der Waals surface area (Å²) in [7, 11) is 1.27. The van der Waals surface area contributed by atoms with E-state index in [-0.39, 0.29) is 46.1 Å². The van der Waals surface area contributed by atoms with E-state index in [1.54, 1.807) is 6.07 Å². The third-order valence-corrected chi connectivity index (χ3v) is 6.61. The highest BCUT2D eigenvalue weighted by Crippen LogP contribution is 2.65. The highest BCUT2D eigenvalue weighted by atomic mass is 35.5. The molecule has 1 saturated heterocycles. The number of hydrogen-bond acceptors (Lipinski definition) is 4. The number of imide groups is 1. The van der Waals surface area contributed by atoms with Gasteiger partial charge in [-0.2, -0.15) is 0 Å². The van der Waals surface area contributed by atoms with Crippen LogP contribution in [0.5, 0.6) is 0 Å². The van der Waals surface area contributed by atoms with Crippen LogP contribution in [0.1, 0.15) is 16.8 Å². The standard InChI is InChI=1S/C19H16ClNO4/c1-25-19(24)13-6-8(2-5-14(13)20)21-17(22)15-9-3-4-10(12-7-11(9)12)16(15)18(21)23/h2-6,9-12,15-16H,7H2,1H3/t9-,10-,11-,12+,15-,16+/m0/s1. The minimum atomic E-state index is -0.591. The predicted octanol–water partition coefficient (Wildman–Crippen LogP) is 2.68. The highest BCUT2D eigenvalue weighted by Gasteiger charge is 2.67. The van der Waals surface area contributed by atoms with E-state index in [1.807, 2.05) is 0 Å². The molecule has 1 heterocycles. The number of hydrogen-bond donors (Lipinski definition) is 0. The first-order valence-electron chi connectivity index (χ1n) is 8.47. The van der Waals surface area contributed by atoms with Crippen molar-refractivity contribution in [3.05, 3.63) is 40.9 Å². The van der Waals surface area contributed by atoms with Gasteiger partial charge < -0.3 is 4.74 Å². The molecule has 6 atom stereocenters. The maximum atomic E-state index is 13.1. The van der Waals surface area contributed by atoms with Crippen molar-refractivity contribution in [3.8, 4) is 0 Å². The van der Waals surface area contributed by atoms with E-state index in [0.29, 0.717) is 17.5 Å². The zero-order valence-electron chi connectivity index (χ0n) is 13.5. The molecular weight excluding hydrogens is 342 g/mol. The number of anilines is 1. The summed E-state index contributed by atoms with van der Waals surface area (Å²) in [4.78, 5) is 39.2. The molecule has 0 radical (unpaired) electrons. The first-order chi connectivity index (χ1) is 12.0. The Morgan fingerprint density at radius 1 is 1.12 bits per heavy atom. The molecule has 3 fully saturated rings. The summed E-state index contributed by atoms with van der Waals surface area (Å²) >= 11 is 6.05. The molecule has 5 nitrogen and oxygen atoms in total. The number of methoxy groups -OCH3 is 1. The molecule has 2 bridgehead atoms. The minimum Gasteiger partial charge on any atom is -0.465 e. The maximum absolute atomic E-state index is 13.1. The molecule has 0 N–H and O–H groups in total. The van der Waals surface area contributed by atoms with Crippen molar-refractivity contribution in [3.63, 3.8) is 0 Å². The molecule has 2 amide bonds. The van der Waals surface area contributed by atoms with Crippen molar-refractivity contribution in [2.75, 3.05) is 12.0 Å². The van der Waals surface area contributed by atoms with Gasteiger partial charge in [0.15, 0.2) is 0 Å². The van der Waals surface area contributed by atoms with Crippen LogP contribution >= 0.6 is 11.6 Å². The largest absolute Gasteiger partial charge is 0.465 e. The Balaban J connectivity index is 1.55. The number of carbonyl (C=O) groups is 3. The van der Waals surface area contributed by atoms with E-state index in [4.69, 9.17) is 16.3 Å². The van der Waals surface area contributed by atoms with Crippen LogP contribution in [-0.4, -0.2) is 24.9 Å². The van der Waals surface area contributed by atoms with E-state index in [2.05, 4.69) is 12.2 Å². The van der Waals surface area contributed by atoms with Crippen molar-refractivity contribution in [2.24, 2.45) is 35.5 Å². The van der Waals surface area contributed by atoms with Crippen molar-refractivity contribution in [2.45, 2.75) is 6.42 Å². The topological polar surface area (TPSA) is 63.7 Å². The summed E-state index contributed by atoms with van der Waals surface area (Å²) < 4.78 is 4.73. The van der Waals surface area contributed by atoms with Gasteiger partial charge in [0.2, 0.25) is 11.8 Å². The highest BCUT2D eigenvalue weighted by molar-refractivity contribution is 6.34. The molecule has 0 aromatic heterocycles. The molecular formula is C19H16ClNO4. The molecule has 4 aliphatic carbocycles.